The van der Waals surface area contributed by atoms with Crippen LogP contribution in [0.15, 0.2) is 6.07 Å². The molecular weight excluding hydrogens is 162 g/mol. The smallest absolute Gasteiger partial charge is 0.120 e. The van der Waals surface area contributed by atoms with E-state index in [1.165, 1.54) is 11.3 Å². The molecule has 1 aliphatic carbocycles. The summed E-state index contributed by atoms with van der Waals surface area (Å²) in [6, 6.07) is 4.25. The van der Waals surface area contributed by atoms with Crippen LogP contribution in [-0.4, -0.2) is 4.57 Å². The Balaban J connectivity index is 2.56. The van der Waals surface area contributed by atoms with Crippen LogP contribution in [0.4, 0.5) is 0 Å². The number of nitrogens with two attached hydrogens (primary N) is 1. The lowest BCUT2D eigenvalue weighted by molar-refractivity contribution is 0.553. The van der Waals surface area contributed by atoms with Crippen molar-refractivity contribution in [2.24, 2.45) is 12.8 Å². The molecule has 1 heterocycles. The normalized spacial score (nSPS) is 20.8. The highest BCUT2D eigenvalue weighted by Gasteiger charge is 2.21. The Morgan fingerprint density at radius 1 is 1.69 bits per heavy atom. The Labute approximate surface area is 77.8 Å². The summed E-state index contributed by atoms with van der Waals surface area (Å²) in [7, 11) is 1.94. The quantitative estimate of drug-likeness (QED) is 0.644. The van der Waals surface area contributed by atoms with Crippen molar-refractivity contribution in [3.8, 4) is 6.07 Å². The van der Waals surface area contributed by atoms with E-state index < -0.39 is 0 Å². The molecule has 2 rings (SSSR count). The van der Waals surface area contributed by atoms with E-state index in [0.717, 1.165) is 25.0 Å². The van der Waals surface area contributed by atoms with Crippen LogP contribution in [0.3, 0.4) is 0 Å². The highest BCUT2D eigenvalue weighted by Crippen LogP contribution is 2.29. The maximum absolute atomic E-state index is 8.84. The Morgan fingerprint density at radius 2 is 2.46 bits per heavy atom. The van der Waals surface area contributed by atoms with E-state index in [9.17, 15) is 0 Å². The molecule has 0 aromatic carbocycles. The van der Waals surface area contributed by atoms with Gasteiger partial charge in [-0.05, 0) is 30.9 Å². The summed E-state index contributed by atoms with van der Waals surface area (Å²) in [6.07, 6.45) is 3.24. The van der Waals surface area contributed by atoms with Crippen LogP contribution in [0.5, 0.6) is 0 Å². The van der Waals surface area contributed by atoms with Crippen molar-refractivity contribution in [2.45, 2.75) is 25.3 Å². The molecule has 0 fully saturated rings. The van der Waals surface area contributed by atoms with E-state index in [-0.39, 0.29) is 6.04 Å². The monoisotopic (exact) mass is 175 g/mol. The number of rotatable bonds is 0. The molecule has 3 heteroatoms. The first-order valence-electron chi connectivity index (χ1n) is 4.58. The van der Waals surface area contributed by atoms with Crippen LogP contribution in [-0.2, 0) is 13.5 Å². The lowest BCUT2D eigenvalue weighted by atomic mass is 9.93. The molecule has 1 atom stereocenters. The van der Waals surface area contributed by atoms with Crippen LogP contribution in [0.25, 0.3) is 0 Å². The van der Waals surface area contributed by atoms with Crippen LogP contribution in [0.2, 0.25) is 0 Å². The summed E-state index contributed by atoms with van der Waals surface area (Å²) >= 11 is 0. The van der Waals surface area contributed by atoms with Gasteiger partial charge in [-0.15, -0.1) is 0 Å². The predicted molar refractivity (Wildman–Crippen MR) is 50.0 cm³/mol. The first kappa shape index (κ1) is 8.33. The van der Waals surface area contributed by atoms with Crippen LogP contribution in [0, 0.1) is 11.3 Å². The van der Waals surface area contributed by atoms with Gasteiger partial charge in [-0.3, -0.25) is 0 Å². The number of hydrogen-bond acceptors (Lipinski definition) is 2. The van der Waals surface area contributed by atoms with Gasteiger partial charge in [0.05, 0.1) is 0 Å². The summed E-state index contributed by atoms with van der Waals surface area (Å²) < 4.78 is 1.97. The fraction of sp³-hybridized carbons (Fsp3) is 0.500. The molecule has 0 amide bonds. The fourth-order valence-corrected chi connectivity index (χ4v) is 2.05. The van der Waals surface area contributed by atoms with E-state index in [2.05, 4.69) is 6.07 Å². The molecule has 13 heavy (non-hydrogen) atoms. The second kappa shape index (κ2) is 2.90. The average molecular weight is 175 g/mol. The summed E-state index contributed by atoms with van der Waals surface area (Å²) in [5.41, 5.74) is 9.10. The second-order valence-electron chi connectivity index (χ2n) is 3.60. The molecule has 1 aromatic heterocycles. The molecule has 2 N–H and O–H groups in total. The molecule has 1 unspecified atom stereocenters. The number of aromatic nitrogens is 1. The largest absolute Gasteiger partial charge is 0.339 e. The van der Waals surface area contributed by atoms with Crippen molar-refractivity contribution in [1.29, 1.82) is 5.26 Å². The molecule has 0 bridgehead atoms. The van der Waals surface area contributed by atoms with Crippen LogP contribution < -0.4 is 5.73 Å². The predicted octanol–water partition coefficient (Wildman–Crippen LogP) is 1.23. The summed E-state index contributed by atoms with van der Waals surface area (Å²) in [5, 5.41) is 8.84. The zero-order chi connectivity index (χ0) is 9.42. The van der Waals surface area contributed by atoms with Gasteiger partial charge >= 0.3 is 0 Å². The number of fused-ring (bicyclic) bond motifs is 1. The summed E-state index contributed by atoms with van der Waals surface area (Å²) in [6.45, 7) is 0. The highest BCUT2D eigenvalue weighted by molar-refractivity contribution is 5.37. The molecule has 1 aliphatic rings. The molecule has 0 saturated carbocycles. The maximum atomic E-state index is 8.84. The average Bonchev–Trinajstić information content (AvgIpc) is 2.45. The fourth-order valence-electron chi connectivity index (χ4n) is 2.05. The lowest BCUT2D eigenvalue weighted by Gasteiger charge is -2.19. The minimum atomic E-state index is 0.136. The van der Waals surface area contributed by atoms with Crippen molar-refractivity contribution in [2.75, 3.05) is 0 Å². The lowest BCUT2D eigenvalue weighted by Crippen LogP contribution is -2.17. The van der Waals surface area contributed by atoms with Gasteiger partial charge < -0.3 is 10.3 Å². The van der Waals surface area contributed by atoms with Gasteiger partial charge in [0.15, 0.2) is 0 Å². The topological polar surface area (TPSA) is 54.7 Å². The van der Waals surface area contributed by atoms with Gasteiger partial charge in [-0.2, -0.15) is 5.26 Å². The second-order valence-corrected chi connectivity index (χ2v) is 3.60. The van der Waals surface area contributed by atoms with E-state index in [4.69, 9.17) is 11.0 Å². The van der Waals surface area contributed by atoms with E-state index in [1.807, 2.05) is 17.7 Å². The van der Waals surface area contributed by atoms with Crippen molar-refractivity contribution in [3.05, 3.63) is 23.0 Å². The molecule has 3 nitrogen and oxygen atoms in total. The SMILES string of the molecule is Cn1c(C#N)cc2c1CCCC2N. The molecular formula is C10H13N3. The Morgan fingerprint density at radius 3 is 3.08 bits per heavy atom. The standard InChI is InChI=1S/C10H13N3/c1-13-7(6-11)5-8-9(12)3-2-4-10(8)13/h5,9H,2-4,12H2,1H3. The van der Waals surface area contributed by atoms with Crippen molar-refractivity contribution in [3.63, 3.8) is 0 Å². The summed E-state index contributed by atoms with van der Waals surface area (Å²) in [4.78, 5) is 0. The zero-order valence-electron chi connectivity index (χ0n) is 7.75. The minimum Gasteiger partial charge on any atom is -0.339 e. The van der Waals surface area contributed by atoms with Crippen molar-refractivity contribution in [1.82, 2.24) is 4.57 Å². The third-order valence-corrected chi connectivity index (χ3v) is 2.83. The van der Waals surface area contributed by atoms with E-state index in [0.29, 0.717) is 0 Å². The number of hydrogen-bond donors (Lipinski definition) is 1. The van der Waals surface area contributed by atoms with Gasteiger partial charge in [0.25, 0.3) is 0 Å². The van der Waals surface area contributed by atoms with Gasteiger partial charge in [-0.1, -0.05) is 0 Å². The molecule has 1 aromatic rings. The van der Waals surface area contributed by atoms with Crippen LogP contribution in [0.1, 0.15) is 35.8 Å². The zero-order valence-corrected chi connectivity index (χ0v) is 7.75. The third kappa shape index (κ3) is 1.14. The van der Waals surface area contributed by atoms with E-state index >= 15 is 0 Å². The van der Waals surface area contributed by atoms with Gasteiger partial charge in [-0.25, -0.2) is 0 Å². The first-order valence-corrected chi connectivity index (χ1v) is 4.58. The number of nitriles is 1. The Bertz CT molecular complexity index is 370. The summed E-state index contributed by atoms with van der Waals surface area (Å²) in [5.74, 6) is 0. The van der Waals surface area contributed by atoms with Gasteiger partial charge in [0.2, 0.25) is 0 Å². The highest BCUT2D eigenvalue weighted by atomic mass is 15.0. The van der Waals surface area contributed by atoms with Gasteiger partial charge in [0, 0.05) is 18.8 Å². The van der Waals surface area contributed by atoms with E-state index in [1.54, 1.807) is 0 Å². The Hall–Kier alpha value is -1.27. The molecule has 0 spiro atoms. The van der Waals surface area contributed by atoms with Crippen molar-refractivity contribution < 1.29 is 0 Å². The third-order valence-electron chi connectivity index (χ3n) is 2.83. The molecule has 0 saturated heterocycles. The molecule has 0 aliphatic heterocycles. The van der Waals surface area contributed by atoms with Gasteiger partial charge in [0.1, 0.15) is 11.8 Å². The first-order chi connectivity index (χ1) is 6.24. The minimum absolute atomic E-state index is 0.136. The number of nitrogens with zero attached hydrogens (tertiary/aromatic N) is 2. The molecule has 0 radical (unpaired) electrons. The Kier molecular flexibility index (Phi) is 1.86. The van der Waals surface area contributed by atoms with Crippen LogP contribution >= 0.6 is 0 Å². The maximum Gasteiger partial charge on any atom is 0.120 e. The van der Waals surface area contributed by atoms with Crippen molar-refractivity contribution >= 4 is 0 Å². The molecule has 68 valence electrons.